The summed E-state index contributed by atoms with van der Waals surface area (Å²) in [5.74, 6) is 1.90. The van der Waals surface area contributed by atoms with Crippen LogP contribution in [0.3, 0.4) is 0 Å². The number of hydrogen-bond donors (Lipinski definition) is 4. The Balaban J connectivity index is 1.33. The smallest absolute Gasteiger partial charge is 0.249 e. The Morgan fingerprint density at radius 2 is 1.85 bits per heavy atom. The van der Waals surface area contributed by atoms with Gasteiger partial charge in [0.05, 0.1) is 0 Å². The molecule has 10 nitrogen and oxygen atoms in total. The monoisotopic (exact) mass is 536 g/mol. The minimum atomic E-state index is -0.546. The molecule has 0 spiro atoms. The van der Waals surface area contributed by atoms with Crippen LogP contribution in [0.2, 0.25) is 0 Å². The van der Waals surface area contributed by atoms with Crippen molar-refractivity contribution in [1.82, 2.24) is 31.3 Å². The molecule has 2 fully saturated rings. The highest BCUT2D eigenvalue weighted by Crippen LogP contribution is 2.33. The molecule has 0 radical (unpaired) electrons. The van der Waals surface area contributed by atoms with Crippen molar-refractivity contribution in [2.75, 3.05) is 0 Å². The molecule has 10 heteroatoms. The van der Waals surface area contributed by atoms with Crippen molar-refractivity contribution in [3.8, 4) is 11.4 Å². The fourth-order valence-corrected chi connectivity index (χ4v) is 6.18. The highest BCUT2D eigenvalue weighted by atomic mass is 16.2. The Morgan fingerprint density at radius 3 is 2.56 bits per heavy atom. The predicted molar refractivity (Wildman–Crippen MR) is 151 cm³/mol. The highest BCUT2D eigenvalue weighted by Gasteiger charge is 2.26. The molecule has 0 bridgehead atoms. The molecular weight excluding hydrogens is 492 g/mol. The fraction of sp³-hybridized carbons (Fsp3) is 0.655. The average Bonchev–Trinajstić information content (AvgIpc) is 3.49. The summed E-state index contributed by atoms with van der Waals surface area (Å²) in [7, 11) is 0. The van der Waals surface area contributed by atoms with Gasteiger partial charge in [0.25, 0.3) is 0 Å². The first-order valence-electron chi connectivity index (χ1n) is 14.7. The molecule has 1 heterocycles. The van der Waals surface area contributed by atoms with Crippen LogP contribution in [0.25, 0.3) is 11.4 Å². The van der Waals surface area contributed by atoms with Gasteiger partial charge in [0.1, 0.15) is 6.04 Å². The first-order chi connectivity index (χ1) is 19.0. The second kappa shape index (κ2) is 14.7. The largest absolute Gasteiger partial charge is 0.370 e. The second-order valence-electron chi connectivity index (χ2n) is 11.4. The maximum absolute atomic E-state index is 13.3. The van der Waals surface area contributed by atoms with Gasteiger partial charge < -0.3 is 16.4 Å². The number of nitrogens with one attached hydrogen (secondary N) is 3. The van der Waals surface area contributed by atoms with Crippen LogP contribution in [0.15, 0.2) is 29.3 Å². The number of carbonyl (C=O) groups excluding carboxylic acids is 2. The van der Waals surface area contributed by atoms with E-state index in [4.69, 9.17) is 5.73 Å². The third-order valence-electron chi connectivity index (χ3n) is 8.32. The number of nitrogens with two attached hydrogens (primary N) is 1. The Morgan fingerprint density at radius 1 is 1.08 bits per heavy atom. The van der Waals surface area contributed by atoms with Crippen LogP contribution < -0.4 is 16.4 Å². The number of H-pyrrole nitrogens is 1. The highest BCUT2D eigenvalue weighted by molar-refractivity contribution is 5.95. The van der Waals surface area contributed by atoms with E-state index in [9.17, 15) is 9.59 Å². The summed E-state index contributed by atoms with van der Waals surface area (Å²) < 4.78 is 0. The number of amides is 2. The lowest BCUT2D eigenvalue weighted by Gasteiger charge is -2.28. The Hall–Kier alpha value is -3.30. The lowest BCUT2D eigenvalue weighted by molar-refractivity contribution is -0.123. The molecule has 5 N–H and O–H groups in total. The van der Waals surface area contributed by atoms with Crippen LogP contribution in [-0.2, 0) is 16.1 Å². The molecule has 0 saturated heterocycles. The van der Waals surface area contributed by atoms with Gasteiger partial charge in [0.15, 0.2) is 11.8 Å². The SMILES string of the molecule is CCCC1CCC(CC(=O)N=C(N)N[C@H](CC2CCCCC2)C(=O)NCc2cccc(-c3nnn[nH]3)c2)CC1. The van der Waals surface area contributed by atoms with Crippen LogP contribution in [-0.4, -0.2) is 44.4 Å². The lowest BCUT2D eigenvalue weighted by Crippen LogP contribution is -2.50. The van der Waals surface area contributed by atoms with Crippen LogP contribution in [0.5, 0.6) is 0 Å². The molecule has 0 unspecified atom stereocenters. The molecule has 1 aromatic carbocycles. The predicted octanol–water partition coefficient (Wildman–Crippen LogP) is 4.25. The Kier molecular flexibility index (Phi) is 10.9. The van der Waals surface area contributed by atoms with E-state index in [0.29, 0.717) is 37.0 Å². The van der Waals surface area contributed by atoms with E-state index in [-0.39, 0.29) is 17.8 Å². The number of tetrazole rings is 1. The topological polar surface area (TPSA) is 151 Å². The zero-order valence-corrected chi connectivity index (χ0v) is 23.2. The number of aromatic nitrogens is 4. The van der Waals surface area contributed by atoms with Gasteiger partial charge in [0, 0.05) is 18.5 Å². The third-order valence-corrected chi connectivity index (χ3v) is 8.32. The van der Waals surface area contributed by atoms with Crippen LogP contribution >= 0.6 is 0 Å². The molecule has 2 aliphatic carbocycles. The minimum Gasteiger partial charge on any atom is -0.370 e. The number of hydrogen-bond acceptors (Lipinski definition) is 5. The number of rotatable bonds is 11. The van der Waals surface area contributed by atoms with E-state index < -0.39 is 6.04 Å². The summed E-state index contributed by atoms with van der Waals surface area (Å²) in [6.45, 7) is 2.59. The second-order valence-corrected chi connectivity index (χ2v) is 11.4. The third kappa shape index (κ3) is 9.14. The van der Waals surface area contributed by atoms with Crippen molar-refractivity contribution >= 4 is 17.8 Å². The van der Waals surface area contributed by atoms with E-state index in [2.05, 4.69) is 43.2 Å². The molecule has 0 aliphatic heterocycles. The summed E-state index contributed by atoms with van der Waals surface area (Å²) >= 11 is 0. The molecule has 2 amide bonds. The molecule has 1 aromatic heterocycles. The summed E-state index contributed by atoms with van der Waals surface area (Å²) in [5, 5.41) is 20.1. The number of nitrogens with zero attached hydrogens (tertiary/aromatic N) is 4. The standard InChI is InChI=1S/C29H44N8O2/c1-2-7-20-12-14-22(15-13-20)18-26(38)33-29(30)32-25(17-21-8-4-3-5-9-21)28(39)31-19-23-10-6-11-24(16-23)27-34-36-37-35-27/h6,10-11,16,20-22,25H,2-5,7-9,12-15,17-19H2,1H3,(H,31,39)(H3,30,32,33,38)(H,34,35,36,37)/t20?,22?,25-/m1/s1. The van der Waals surface area contributed by atoms with Gasteiger partial charge in [-0.25, -0.2) is 5.10 Å². The fourth-order valence-electron chi connectivity index (χ4n) is 6.18. The van der Waals surface area contributed by atoms with E-state index in [1.165, 1.54) is 44.9 Å². The maximum Gasteiger partial charge on any atom is 0.249 e. The normalized spacial score (nSPS) is 21.3. The van der Waals surface area contributed by atoms with Crippen LogP contribution in [0.1, 0.15) is 96.0 Å². The maximum atomic E-state index is 13.3. The summed E-state index contributed by atoms with van der Waals surface area (Å²) in [6.07, 6.45) is 14.0. The number of carbonyl (C=O) groups is 2. The van der Waals surface area contributed by atoms with Gasteiger partial charge in [-0.3, -0.25) is 9.59 Å². The summed E-state index contributed by atoms with van der Waals surface area (Å²) in [5.41, 5.74) is 7.96. The van der Waals surface area contributed by atoms with E-state index in [0.717, 1.165) is 42.7 Å². The van der Waals surface area contributed by atoms with E-state index in [1.807, 2.05) is 24.3 Å². The zero-order valence-electron chi connectivity index (χ0n) is 23.2. The van der Waals surface area contributed by atoms with Gasteiger partial charge in [-0.15, -0.1) is 5.10 Å². The quantitative estimate of drug-likeness (QED) is 0.247. The van der Waals surface area contributed by atoms with Crippen molar-refractivity contribution in [2.24, 2.45) is 28.5 Å². The Labute approximate surface area is 231 Å². The van der Waals surface area contributed by atoms with E-state index in [1.54, 1.807) is 0 Å². The van der Waals surface area contributed by atoms with Crippen molar-refractivity contribution < 1.29 is 9.59 Å². The average molecular weight is 537 g/mol. The number of aliphatic imine (C=N–C) groups is 1. The number of benzene rings is 1. The molecule has 2 saturated carbocycles. The lowest BCUT2D eigenvalue weighted by atomic mass is 9.79. The van der Waals surface area contributed by atoms with Crippen molar-refractivity contribution in [3.63, 3.8) is 0 Å². The molecule has 39 heavy (non-hydrogen) atoms. The van der Waals surface area contributed by atoms with Gasteiger partial charge in [0.2, 0.25) is 11.8 Å². The Bertz CT molecular complexity index is 1070. The van der Waals surface area contributed by atoms with E-state index >= 15 is 0 Å². The van der Waals surface area contributed by atoms with Crippen LogP contribution in [0, 0.1) is 17.8 Å². The molecule has 2 aromatic rings. The van der Waals surface area contributed by atoms with Crippen molar-refractivity contribution in [1.29, 1.82) is 0 Å². The van der Waals surface area contributed by atoms with Gasteiger partial charge >= 0.3 is 0 Å². The first kappa shape index (κ1) is 28.7. The summed E-state index contributed by atoms with van der Waals surface area (Å²) in [4.78, 5) is 30.1. The molecule has 212 valence electrons. The van der Waals surface area contributed by atoms with Gasteiger partial charge in [-0.2, -0.15) is 4.99 Å². The van der Waals surface area contributed by atoms with Crippen LogP contribution in [0.4, 0.5) is 0 Å². The minimum absolute atomic E-state index is 0.0374. The van der Waals surface area contributed by atoms with Gasteiger partial charge in [-0.05, 0) is 59.1 Å². The number of guanidine groups is 1. The zero-order chi connectivity index (χ0) is 27.5. The molecule has 1 atom stereocenters. The number of aromatic amines is 1. The molecular formula is C29H44N8O2. The molecule has 4 rings (SSSR count). The summed E-state index contributed by atoms with van der Waals surface area (Å²) in [6, 6.07) is 7.16. The first-order valence-corrected chi connectivity index (χ1v) is 14.7. The van der Waals surface area contributed by atoms with Gasteiger partial charge in [-0.1, -0.05) is 82.9 Å². The van der Waals surface area contributed by atoms with Crippen molar-refractivity contribution in [2.45, 2.75) is 103 Å². The van der Waals surface area contributed by atoms with Crippen molar-refractivity contribution in [3.05, 3.63) is 29.8 Å². The molecule has 2 aliphatic rings.